The third-order valence-corrected chi connectivity index (χ3v) is 4.78. The van der Waals surface area contributed by atoms with Crippen molar-refractivity contribution in [3.05, 3.63) is 24.3 Å². The van der Waals surface area contributed by atoms with Gasteiger partial charge in [0.15, 0.2) is 0 Å². The van der Waals surface area contributed by atoms with Crippen molar-refractivity contribution in [3.8, 4) is 0 Å². The van der Waals surface area contributed by atoms with Gasteiger partial charge in [-0.3, -0.25) is 9.59 Å². The molecule has 2 unspecified atom stereocenters. The van der Waals surface area contributed by atoms with Gasteiger partial charge >= 0.3 is 7.12 Å². The highest BCUT2D eigenvalue weighted by atomic mass is 16.4. The Morgan fingerprint density at radius 1 is 1.27 bits per heavy atom. The van der Waals surface area contributed by atoms with Crippen molar-refractivity contribution in [1.82, 2.24) is 5.32 Å². The molecule has 0 spiro atoms. The van der Waals surface area contributed by atoms with Crippen LogP contribution in [0.5, 0.6) is 0 Å². The summed E-state index contributed by atoms with van der Waals surface area (Å²) in [6.07, 6.45) is 3.80. The van der Waals surface area contributed by atoms with Gasteiger partial charge in [0.05, 0.1) is 0 Å². The number of para-hydroxylation sites is 1. The van der Waals surface area contributed by atoms with Crippen LogP contribution < -0.4 is 15.7 Å². The molecule has 1 saturated carbocycles. The number of carbonyl (C=O) groups excluding carboxylic acids is 2. The summed E-state index contributed by atoms with van der Waals surface area (Å²) in [4.78, 5) is 26.1. The van der Waals surface area contributed by atoms with Gasteiger partial charge in [0.25, 0.3) is 0 Å². The summed E-state index contributed by atoms with van der Waals surface area (Å²) in [6.45, 7) is 5.51. The smallest absolute Gasteiger partial charge is 0.423 e. The van der Waals surface area contributed by atoms with E-state index in [1.165, 1.54) is 6.92 Å². The van der Waals surface area contributed by atoms with Crippen LogP contribution in [-0.2, 0) is 9.59 Å². The number of hydrogen-bond acceptors (Lipinski definition) is 4. The lowest BCUT2D eigenvalue weighted by Crippen LogP contribution is -2.50. The molecule has 6 nitrogen and oxygen atoms in total. The SMILES string of the molecule is CC(=O)N(c1ccccc1B(O)O)C1CCCC(NC(=O)CC(C)C)C1. The predicted molar refractivity (Wildman–Crippen MR) is 103 cm³/mol. The molecule has 2 rings (SSSR count). The van der Waals surface area contributed by atoms with Crippen LogP contribution in [0.15, 0.2) is 24.3 Å². The first-order chi connectivity index (χ1) is 12.3. The molecule has 1 aliphatic rings. The Hall–Kier alpha value is -1.86. The Balaban J connectivity index is 2.17. The normalized spacial score (nSPS) is 19.9. The van der Waals surface area contributed by atoms with Crippen LogP contribution in [0.1, 0.15) is 52.9 Å². The third-order valence-electron chi connectivity index (χ3n) is 4.78. The van der Waals surface area contributed by atoms with Gasteiger partial charge in [-0.2, -0.15) is 0 Å². The van der Waals surface area contributed by atoms with E-state index in [0.29, 0.717) is 29.9 Å². The maximum atomic E-state index is 12.4. The molecule has 0 bridgehead atoms. The van der Waals surface area contributed by atoms with Gasteiger partial charge in [-0.1, -0.05) is 32.0 Å². The first-order valence-corrected chi connectivity index (χ1v) is 9.33. The molecule has 1 fully saturated rings. The van der Waals surface area contributed by atoms with Crippen LogP contribution in [0.2, 0.25) is 0 Å². The fourth-order valence-corrected chi connectivity index (χ4v) is 3.74. The third kappa shape index (κ3) is 5.32. The van der Waals surface area contributed by atoms with Crippen LogP contribution in [0, 0.1) is 5.92 Å². The van der Waals surface area contributed by atoms with Gasteiger partial charge in [-0.25, -0.2) is 0 Å². The van der Waals surface area contributed by atoms with Crippen molar-refractivity contribution in [2.24, 2.45) is 5.92 Å². The number of rotatable bonds is 6. The molecule has 0 heterocycles. The zero-order valence-corrected chi connectivity index (χ0v) is 15.8. The van der Waals surface area contributed by atoms with Gasteiger partial charge < -0.3 is 20.3 Å². The number of anilines is 1. The van der Waals surface area contributed by atoms with E-state index in [1.54, 1.807) is 29.2 Å². The van der Waals surface area contributed by atoms with Crippen molar-refractivity contribution in [1.29, 1.82) is 0 Å². The second-order valence-corrected chi connectivity index (χ2v) is 7.50. The van der Waals surface area contributed by atoms with Gasteiger partial charge in [0.2, 0.25) is 11.8 Å². The zero-order chi connectivity index (χ0) is 19.3. The molecule has 7 heteroatoms. The lowest BCUT2D eigenvalue weighted by atomic mass is 9.78. The van der Waals surface area contributed by atoms with Crippen LogP contribution in [-0.4, -0.2) is 41.1 Å². The van der Waals surface area contributed by atoms with E-state index >= 15 is 0 Å². The molecule has 0 radical (unpaired) electrons. The molecular weight excluding hydrogens is 331 g/mol. The molecule has 0 aliphatic heterocycles. The average molecular weight is 360 g/mol. The molecule has 0 aromatic heterocycles. The van der Waals surface area contributed by atoms with Crippen molar-refractivity contribution >= 4 is 30.1 Å². The van der Waals surface area contributed by atoms with Crippen LogP contribution in [0.25, 0.3) is 0 Å². The van der Waals surface area contributed by atoms with Crippen molar-refractivity contribution in [2.45, 2.75) is 65.0 Å². The summed E-state index contributed by atoms with van der Waals surface area (Å²) in [5, 5.41) is 22.4. The number of carbonyl (C=O) groups is 2. The molecule has 3 N–H and O–H groups in total. The molecule has 2 amide bonds. The number of hydrogen-bond donors (Lipinski definition) is 3. The van der Waals surface area contributed by atoms with Gasteiger partial charge in [-0.05, 0) is 37.7 Å². The summed E-state index contributed by atoms with van der Waals surface area (Å²) in [5.41, 5.74) is 0.836. The first-order valence-electron chi connectivity index (χ1n) is 9.33. The van der Waals surface area contributed by atoms with Gasteiger partial charge in [0, 0.05) is 36.6 Å². The second-order valence-electron chi connectivity index (χ2n) is 7.50. The predicted octanol–water partition coefficient (Wildman–Crippen LogP) is 1.19. The van der Waals surface area contributed by atoms with E-state index in [-0.39, 0.29) is 23.9 Å². The van der Waals surface area contributed by atoms with Crippen LogP contribution >= 0.6 is 0 Å². The Kier molecular flexibility index (Phi) is 7.23. The molecule has 1 aromatic rings. The summed E-state index contributed by atoms with van der Waals surface area (Å²) < 4.78 is 0. The van der Waals surface area contributed by atoms with Crippen molar-refractivity contribution in [2.75, 3.05) is 4.90 Å². The highest BCUT2D eigenvalue weighted by Crippen LogP contribution is 2.27. The fraction of sp³-hybridized carbons (Fsp3) is 0.579. The highest BCUT2D eigenvalue weighted by Gasteiger charge is 2.32. The molecule has 1 aromatic carbocycles. The quantitative estimate of drug-likeness (QED) is 0.665. The fourth-order valence-electron chi connectivity index (χ4n) is 3.74. The Labute approximate surface area is 155 Å². The summed E-state index contributed by atoms with van der Waals surface area (Å²) in [7, 11) is -1.64. The van der Waals surface area contributed by atoms with Gasteiger partial charge in [0.1, 0.15) is 0 Å². The lowest BCUT2D eigenvalue weighted by molar-refractivity contribution is -0.122. The number of benzene rings is 1. The van der Waals surface area contributed by atoms with Crippen molar-refractivity contribution < 1.29 is 19.6 Å². The monoisotopic (exact) mass is 360 g/mol. The summed E-state index contributed by atoms with van der Waals surface area (Å²) >= 11 is 0. The van der Waals surface area contributed by atoms with E-state index in [1.807, 2.05) is 13.8 Å². The largest absolute Gasteiger partial charge is 0.490 e. The minimum absolute atomic E-state index is 0.0352. The Morgan fingerprint density at radius 2 is 1.96 bits per heavy atom. The van der Waals surface area contributed by atoms with E-state index in [0.717, 1.165) is 19.3 Å². The van der Waals surface area contributed by atoms with Crippen molar-refractivity contribution in [3.63, 3.8) is 0 Å². The molecule has 142 valence electrons. The first kappa shape index (κ1) is 20.5. The van der Waals surface area contributed by atoms with E-state index < -0.39 is 7.12 Å². The Bertz CT molecular complexity index is 636. The second kappa shape index (κ2) is 9.19. The van der Waals surface area contributed by atoms with E-state index in [9.17, 15) is 19.6 Å². The average Bonchev–Trinajstić information content (AvgIpc) is 2.54. The molecule has 2 atom stereocenters. The minimum Gasteiger partial charge on any atom is -0.423 e. The molecule has 1 aliphatic carbocycles. The number of nitrogens with one attached hydrogen (secondary N) is 1. The maximum absolute atomic E-state index is 12.4. The van der Waals surface area contributed by atoms with Crippen LogP contribution in [0.3, 0.4) is 0 Å². The topological polar surface area (TPSA) is 89.9 Å². The standard InChI is InChI=1S/C19H29BN2O4/c1-13(2)11-19(24)21-15-7-6-8-16(12-15)22(14(3)23)18-10-5-4-9-17(18)20(25)26/h4-5,9-10,13,15-16,25-26H,6-8,11-12H2,1-3H3,(H,21,24). The minimum atomic E-state index is -1.64. The van der Waals surface area contributed by atoms with E-state index in [2.05, 4.69) is 5.32 Å². The van der Waals surface area contributed by atoms with Gasteiger partial charge in [-0.15, -0.1) is 0 Å². The van der Waals surface area contributed by atoms with E-state index in [4.69, 9.17) is 0 Å². The molecular formula is C19H29BN2O4. The lowest BCUT2D eigenvalue weighted by Gasteiger charge is -2.38. The summed E-state index contributed by atoms with van der Waals surface area (Å²) in [5.74, 6) is 0.212. The summed E-state index contributed by atoms with van der Waals surface area (Å²) in [6, 6.07) is 6.80. The number of nitrogens with zero attached hydrogens (tertiary/aromatic N) is 1. The van der Waals surface area contributed by atoms with Crippen LogP contribution in [0.4, 0.5) is 5.69 Å². The highest BCUT2D eigenvalue weighted by molar-refractivity contribution is 6.60. The molecule has 26 heavy (non-hydrogen) atoms. The molecule has 0 saturated heterocycles. The number of amides is 2. The Morgan fingerprint density at radius 3 is 2.58 bits per heavy atom. The maximum Gasteiger partial charge on any atom is 0.490 e. The zero-order valence-electron chi connectivity index (χ0n) is 15.8.